The molecule has 0 unspecified atom stereocenters. The number of carbonyl (C=O) groups excluding carboxylic acids is 1. The van der Waals surface area contributed by atoms with E-state index in [9.17, 15) is 4.79 Å². The standard InChI is InChI=1S/C7H15N5O.2ClH/c8-7(9)11-4-6(13)12-5-1-2-10-3-5;;/h5,10H,1-4H2,(H,12,13)(H4,8,9,11);2*1H/t5-;;/m0../s1. The summed E-state index contributed by atoms with van der Waals surface area (Å²) in [6, 6.07) is 0.224. The zero-order chi connectivity index (χ0) is 9.68. The molecule has 0 aromatic rings. The molecular weight excluding hydrogens is 241 g/mol. The van der Waals surface area contributed by atoms with Gasteiger partial charge in [-0.05, 0) is 13.0 Å². The van der Waals surface area contributed by atoms with Crippen molar-refractivity contribution in [3.8, 4) is 0 Å². The molecule has 8 heteroatoms. The number of nitrogens with zero attached hydrogens (tertiary/aromatic N) is 1. The van der Waals surface area contributed by atoms with Gasteiger partial charge in [0, 0.05) is 12.6 Å². The highest BCUT2D eigenvalue weighted by molar-refractivity contribution is 5.85. The topological polar surface area (TPSA) is 106 Å². The van der Waals surface area contributed by atoms with E-state index in [1.807, 2.05) is 0 Å². The van der Waals surface area contributed by atoms with Gasteiger partial charge < -0.3 is 22.1 Å². The normalized spacial score (nSPS) is 18.3. The average molecular weight is 258 g/mol. The Morgan fingerprint density at radius 2 is 2.13 bits per heavy atom. The second-order valence-electron chi connectivity index (χ2n) is 3.00. The SMILES string of the molecule is Cl.Cl.NC(N)=NCC(=O)N[C@H]1CCNC1. The van der Waals surface area contributed by atoms with E-state index in [-0.39, 0.29) is 49.3 Å². The molecule has 0 aliphatic carbocycles. The van der Waals surface area contributed by atoms with Crippen LogP contribution in [0.25, 0.3) is 0 Å². The van der Waals surface area contributed by atoms with Crippen molar-refractivity contribution in [1.82, 2.24) is 10.6 Å². The smallest absolute Gasteiger partial charge is 0.242 e. The molecule has 90 valence electrons. The number of hydrogen-bond acceptors (Lipinski definition) is 3. The Morgan fingerprint density at radius 1 is 1.47 bits per heavy atom. The van der Waals surface area contributed by atoms with Gasteiger partial charge in [0.05, 0.1) is 0 Å². The molecule has 1 amide bonds. The number of halogens is 2. The summed E-state index contributed by atoms with van der Waals surface area (Å²) in [7, 11) is 0. The molecule has 0 aromatic carbocycles. The molecule has 1 aliphatic heterocycles. The Bertz CT molecular complexity index is 213. The first-order valence-electron chi connectivity index (χ1n) is 4.24. The molecule has 1 heterocycles. The van der Waals surface area contributed by atoms with E-state index in [2.05, 4.69) is 15.6 Å². The van der Waals surface area contributed by atoms with E-state index in [4.69, 9.17) is 11.5 Å². The van der Waals surface area contributed by atoms with Crippen LogP contribution in [0.5, 0.6) is 0 Å². The van der Waals surface area contributed by atoms with Crippen molar-refractivity contribution in [3.05, 3.63) is 0 Å². The number of guanidine groups is 1. The third-order valence-electron chi connectivity index (χ3n) is 1.83. The zero-order valence-electron chi connectivity index (χ0n) is 8.23. The number of hydrogen-bond donors (Lipinski definition) is 4. The predicted octanol–water partition coefficient (Wildman–Crippen LogP) is -1.42. The molecular formula is C7H17Cl2N5O. The molecule has 0 radical (unpaired) electrons. The maximum Gasteiger partial charge on any atom is 0.242 e. The van der Waals surface area contributed by atoms with Gasteiger partial charge in [0.15, 0.2) is 5.96 Å². The third kappa shape index (κ3) is 7.24. The molecule has 0 spiro atoms. The third-order valence-corrected chi connectivity index (χ3v) is 1.83. The summed E-state index contributed by atoms with van der Waals surface area (Å²) in [5, 5.41) is 5.96. The number of nitrogens with two attached hydrogens (primary N) is 2. The van der Waals surface area contributed by atoms with Gasteiger partial charge in [0.2, 0.25) is 5.91 Å². The number of carbonyl (C=O) groups is 1. The summed E-state index contributed by atoms with van der Waals surface area (Å²) in [6.45, 7) is 1.79. The van der Waals surface area contributed by atoms with E-state index in [0.717, 1.165) is 19.5 Å². The van der Waals surface area contributed by atoms with Crippen molar-refractivity contribution in [2.24, 2.45) is 16.5 Å². The zero-order valence-corrected chi connectivity index (χ0v) is 9.87. The lowest BCUT2D eigenvalue weighted by Crippen LogP contribution is -2.38. The fraction of sp³-hybridized carbons (Fsp3) is 0.714. The fourth-order valence-electron chi connectivity index (χ4n) is 1.21. The van der Waals surface area contributed by atoms with Gasteiger partial charge in [-0.25, -0.2) is 4.99 Å². The molecule has 6 N–H and O–H groups in total. The first kappa shape index (κ1) is 16.7. The summed E-state index contributed by atoms with van der Waals surface area (Å²) in [5.74, 6) is -0.193. The maximum absolute atomic E-state index is 11.1. The van der Waals surface area contributed by atoms with Crippen LogP contribution in [0.4, 0.5) is 0 Å². The Kier molecular flexibility index (Phi) is 9.55. The van der Waals surface area contributed by atoms with Crippen LogP contribution in [0.1, 0.15) is 6.42 Å². The summed E-state index contributed by atoms with van der Waals surface area (Å²) >= 11 is 0. The van der Waals surface area contributed by atoms with Gasteiger partial charge in [-0.3, -0.25) is 4.79 Å². The second-order valence-corrected chi connectivity index (χ2v) is 3.00. The van der Waals surface area contributed by atoms with E-state index >= 15 is 0 Å². The van der Waals surface area contributed by atoms with E-state index in [1.165, 1.54) is 0 Å². The summed E-state index contributed by atoms with van der Waals surface area (Å²) in [5.41, 5.74) is 10.2. The molecule has 0 aromatic heterocycles. The molecule has 15 heavy (non-hydrogen) atoms. The van der Waals surface area contributed by atoms with Gasteiger partial charge in [-0.15, -0.1) is 24.8 Å². The molecule has 6 nitrogen and oxygen atoms in total. The lowest BCUT2D eigenvalue weighted by molar-refractivity contribution is -0.120. The van der Waals surface area contributed by atoms with Crippen molar-refractivity contribution >= 4 is 36.7 Å². The van der Waals surface area contributed by atoms with Gasteiger partial charge in [0.1, 0.15) is 6.54 Å². The highest BCUT2D eigenvalue weighted by atomic mass is 35.5. The van der Waals surface area contributed by atoms with Crippen molar-refractivity contribution in [2.75, 3.05) is 19.6 Å². The molecule has 1 aliphatic rings. The van der Waals surface area contributed by atoms with Crippen LogP contribution in [0.15, 0.2) is 4.99 Å². The van der Waals surface area contributed by atoms with Crippen LogP contribution in [0.3, 0.4) is 0 Å². The fourth-order valence-corrected chi connectivity index (χ4v) is 1.21. The second kappa shape index (κ2) is 8.58. The predicted molar refractivity (Wildman–Crippen MR) is 64.6 cm³/mol. The van der Waals surface area contributed by atoms with Crippen LogP contribution in [-0.4, -0.2) is 37.5 Å². The molecule has 1 rings (SSSR count). The molecule has 1 saturated heterocycles. The van der Waals surface area contributed by atoms with E-state index < -0.39 is 0 Å². The van der Waals surface area contributed by atoms with Crippen molar-refractivity contribution in [2.45, 2.75) is 12.5 Å². The quantitative estimate of drug-likeness (QED) is 0.368. The monoisotopic (exact) mass is 257 g/mol. The molecule has 0 saturated carbocycles. The lowest BCUT2D eigenvalue weighted by Gasteiger charge is -2.09. The van der Waals surface area contributed by atoms with Crippen LogP contribution in [0, 0.1) is 0 Å². The summed E-state index contributed by atoms with van der Waals surface area (Å²) in [6.07, 6.45) is 0.966. The van der Waals surface area contributed by atoms with E-state index in [0.29, 0.717) is 0 Å². The molecule has 1 atom stereocenters. The van der Waals surface area contributed by atoms with Crippen LogP contribution < -0.4 is 22.1 Å². The number of amides is 1. The van der Waals surface area contributed by atoms with E-state index in [1.54, 1.807) is 0 Å². The largest absolute Gasteiger partial charge is 0.370 e. The lowest BCUT2D eigenvalue weighted by atomic mass is 10.2. The van der Waals surface area contributed by atoms with Crippen LogP contribution in [0.2, 0.25) is 0 Å². The first-order valence-corrected chi connectivity index (χ1v) is 4.24. The van der Waals surface area contributed by atoms with Crippen molar-refractivity contribution in [3.63, 3.8) is 0 Å². The minimum Gasteiger partial charge on any atom is -0.370 e. The van der Waals surface area contributed by atoms with Gasteiger partial charge >= 0.3 is 0 Å². The number of nitrogens with one attached hydrogen (secondary N) is 2. The van der Waals surface area contributed by atoms with Crippen LogP contribution in [-0.2, 0) is 4.79 Å². The van der Waals surface area contributed by atoms with Crippen LogP contribution >= 0.6 is 24.8 Å². The highest BCUT2D eigenvalue weighted by Crippen LogP contribution is 1.96. The summed E-state index contributed by atoms with van der Waals surface area (Å²) in [4.78, 5) is 14.8. The number of aliphatic imine (C=N–C) groups is 1. The van der Waals surface area contributed by atoms with Gasteiger partial charge in [-0.1, -0.05) is 0 Å². The molecule has 0 bridgehead atoms. The maximum atomic E-state index is 11.1. The first-order chi connectivity index (χ1) is 6.18. The van der Waals surface area contributed by atoms with Crippen molar-refractivity contribution in [1.29, 1.82) is 0 Å². The average Bonchev–Trinajstić information content (AvgIpc) is 2.53. The van der Waals surface area contributed by atoms with Crippen molar-refractivity contribution < 1.29 is 4.79 Å². The Hall–Kier alpha value is -0.720. The summed E-state index contributed by atoms with van der Waals surface area (Å²) < 4.78 is 0. The Morgan fingerprint density at radius 3 is 2.60 bits per heavy atom. The van der Waals surface area contributed by atoms with Gasteiger partial charge in [-0.2, -0.15) is 0 Å². The highest BCUT2D eigenvalue weighted by Gasteiger charge is 2.15. The minimum absolute atomic E-state index is 0. The Balaban J connectivity index is 0. The van der Waals surface area contributed by atoms with Gasteiger partial charge in [0.25, 0.3) is 0 Å². The molecule has 1 fully saturated rings. The minimum atomic E-state index is -0.137. The Labute approximate surface area is 101 Å². The number of rotatable bonds is 3.